The van der Waals surface area contributed by atoms with Crippen LogP contribution in [0.1, 0.15) is 52.4 Å². The third-order valence-electron chi connectivity index (χ3n) is 3.17. The Labute approximate surface area is 153 Å². The molecule has 0 rings (SSSR count). The van der Waals surface area contributed by atoms with Crippen LogP contribution in [0, 0.1) is 0 Å². The van der Waals surface area contributed by atoms with Crippen molar-refractivity contribution in [2.45, 2.75) is 58.4 Å². The van der Waals surface area contributed by atoms with Crippen molar-refractivity contribution < 1.29 is 38.1 Å². The summed E-state index contributed by atoms with van der Waals surface area (Å²) in [7, 11) is 0. The number of unbranched alkanes of at least 4 members (excludes halogenated alkanes) is 2. The van der Waals surface area contributed by atoms with E-state index in [9.17, 15) is 19.2 Å². The van der Waals surface area contributed by atoms with E-state index in [0.29, 0.717) is 0 Å². The molecule has 2 N–H and O–H groups in total. The highest BCUT2D eigenvalue weighted by Crippen LogP contribution is 2.01. The van der Waals surface area contributed by atoms with Crippen LogP contribution in [0.3, 0.4) is 0 Å². The molecule has 0 aromatic carbocycles. The van der Waals surface area contributed by atoms with Gasteiger partial charge in [0.05, 0.1) is 13.2 Å². The number of carbonyl (C=O) groups is 4. The van der Waals surface area contributed by atoms with Crippen molar-refractivity contribution in [3.05, 3.63) is 0 Å². The van der Waals surface area contributed by atoms with Crippen LogP contribution in [0.15, 0.2) is 0 Å². The molecule has 26 heavy (non-hydrogen) atoms. The number of esters is 4. The molecular formula is C17H29NO8. The Kier molecular flexibility index (Phi) is 13.9. The number of rotatable bonds is 14. The van der Waals surface area contributed by atoms with Crippen LogP contribution in [0.4, 0.5) is 0 Å². The van der Waals surface area contributed by atoms with Crippen molar-refractivity contribution in [2.24, 2.45) is 5.73 Å². The van der Waals surface area contributed by atoms with E-state index in [1.54, 1.807) is 0 Å². The maximum atomic E-state index is 11.6. The average molecular weight is 375 g/mol. The Balaban J connectivity index is 3.85. The maximum absolute atomic E-state index is 11.6. The number of ether oxygens (including phenoxy) is 4. The van der Waals surface area contributed by atoms with Gasteiger partial charge in [-0.25, -0.2) is 9.59 Å². The minimum Gasteiger partial charge on any atom is -0.463 e. The summed E-state index contributed by atoms with van der Waals surface area (Å²) in [6.45, 7) is 3.46. The monoisotopic (exact) mass is 375 g/mol. The molecule has 0 saturated carbocycles. The van der Waals surface area contributed by atoms with E-state index in [1.807, 2.05) is 13.8 Å². The zero-order valence-electron chi connectivity index (χ0n) is 15.5. The quantitative estimate of drug-likeness (QED) is 0.267. The lowest BCUT2D eigenvalue weighted by Crippen LogP contribution is -2.34. The summed E-state index contributed by atoms with van der Waals surface area (Å²) in [5.74, 6) is -2.78. The smallest absolute Gasteiger partial charge is 0.344 e. The number of carbonyl (C=O) groups excluding carboxylic acids is 4. The second-order valence-electron chi connectivity index (χ2n) is 5.56. The zero-order chi connectivity index (χ0) is 19.8. The Morgan fingerprint density at radius 1 is 0.769 bits per heavy atom. The second kappa shape index (κ2) is 15.1. The molecule has 9 heteroatoms. The number of hydrogen-bond acceptors (Lipinski definition) is 9. The van der Waals surface area contributed by atoms with Gasteiger partial charge in [-0.05, 0) is 19.3 Å². The van der Waals surface area contributed by atoms with Crippen LogP contribution >= 0.6 is 0 Å². The van der Waals surface area contributed by atoms with E-state index >= 15 is 0 Å². The fourth-order valence-corrected chi connectivity index (χ4v) is 1.58. The molecule has 150 valence electrons. The van der Waals surface area contributed by atoms with Crippen molar-refractivity contribution >= 4 is 23.9 Å². The summed E-state index contributed by atoms with van der Waals surface area (Å²) in [6, 6.07) is -1.08. The van der Waals surface area contributed by atoms with Crippen molar-refractivity contribution in [1.82, 2.24) is 0 Å². The SMILES string of the molecule is CCCCOC(=O)COC(=O)CCC(N)C(=O)OCC(=O)OCCCC. The maximum Gasteiger partial charge on any atom is 0.344 e. The summed E-state index contributed by atoms with van der Waals surface area (Å²) in [4.78, 5) is 45.7. The highest BCUT2D eigenvalue weighted by atomic mass is 16.6. The molecule has 0 aliphatic carbocycles. The molecule has 1 atom stereocenters. The highest BCUT2D eigenvalue weighted by Gasteiger charge is 2.19. The Morgan fingerprint density at radius 2 is 1.27 bits per heavy atom. The van der Waals surface area contributed by atoms with Crippen molar-refractivity contribution in [3.63, 3.8) is 0 Å². The van der Waals surface area contributed by atoms with Gasteiger partial charge in [0.1, 0.15) is 6.04 Å². The molecule has 0 aromatic rings. The van der Waals surface area contributed by atoms with E-state index < -0.39 is 43.1 Å². The minimum absolute atomic E-state index is 0.0343. The molecule has 0 spiro atoms. The van der Waals surface area contributed by atoms with E-state index in [1.165, 1.54) is 0 Å². The first-order chi connectivity index (χ1) is 12.4. The van der Waals surface area contributed by atoms with E-state index in [4.69, 9.17) is 24.7 Å². The fraction of sp³-hybridized carbons (Fsp3) is 0.765. The molecule has 9 nitrogen and oxygen atoms in total. The topological polar surface area (TPSA) is 131 Å². The molecule has 0 saturated heterocycles. The van der Waals surface area contributed by atoms with Crippen LogP contribution in [-0.4, -0.2) is 56.3 Å². The second-order valence-corrected chi connectivity index (χ2v) is 5.56. The Hall–Kier alpha value is -2.16. The third-order valence-corrected chi connectivity index (χ3v) is 3.17. The summed E-state index contributed by atoms with van der Waals surface area (Å²) < 4.78 is 19.1. The number of nitrogens with two attached hydrogens (primary N) is 1. The van der Waals surface area contributed by atoms with Crippen LogP contribution < -0.4 is 5.73 Å². The molecule has 0 heterocycles. The number of hydrogen-bond donors (Lipinski definition) is 1. The first kappa shape index (κ1) is 23.8. The van der Waals surface area contributed by atoms with Gasteiger partial charge in [-0.1, -0.05) is 26.7 Å². The summed E-state index contributed by atoms with van der Waals surface area (Å²) in [5.41, 5.74) is 5.58. The van der Waals surface area contributed by atoms with Crippen LogP contribution in [-0.2, 0) is 38.1 Å². The predicted molar refractivity (Wildman–Crippen MR) is 90.9 cm³/mol. The van der Waals surface area contributed by atoms with Gasteiger partial charge in [0.2, 0.25) is 0 Å². The third kappa shape index (κ3) is 13.2. The van der Waals surface area contributed by atoms with Gasteiger partial charge in [0.15, 0.2) is 13.2 Å². The largest absolute Gasteiger partial charge is 0.463 e. The molecule has 0 fully saturated rings. The highest BCUT2D eigenvalue weighted by molar-refractivity contribution is 5.80. The Morgan fingerprint density at radius 3 is 1.77 bits per heavy atom. The Bertz CT molecular complexity index is 452. The minimum atomic E-state index is -1.08. The van der Waals surface area contributed by atoms with Gasteiger partial charge in [-0.2, -0.15) is 0 Å². The van der Waals surface area contributed by atoms with Crippen LogP contribution in [0.25, 0.3) is 0 Å². The molecule has 0 amide bonds. The summed E-state index contributed by atoms with van der Waals surface area (Å²) in [5, 5.41) is 0. The zero-order valence-corrected chi connectivity index (χ0v) is 15.5. The van der Waals surface area contributed by atoms with Gasteiger partial charge in [0.25, 0.3) is 0 Å². The predicted octanol–water partition coefficient (Wildman–Crippen LogP) is 0.867. The van der Waals surface area contributed by atoms with Crippen molar-refractivity contribution in [3.8, 4) is 0 Å². The first-order valence-corrected chi connectivity index (χ1v) is 8.79. The van der Waals surface area contributed by atoms with E-state index in [0.717, 1.165) is 25.7 Å². The van der Waals surface area contributed by atoms with Crippen LogP contribution in [0.2, 0.25) is 0 Å². The van der Waals surface area contributed by atoms with Gasteiger partial charge >= 0.3 is 23.9 Å². The van der Waals surface area contributed by atoms with Crippen molar-refractivity contribution in [1.29, 1.82) is 0 Å². The average Bonchev–Trinajstić information content (AvgIpc) is 2.62. The lowest BCUT2D eigenvalue weighted by molar-refractivity contribution is -0.160. The van der Waals surface area contributed by atoms with Gasteiger partial charge in [-0.15, -0.1) is 0 Å². The molecule has 0 aliphatic heterocycles. The normalized spacial score (nSPS) is 11.3. The first-order valence-electron chi connectivity index (χ1n) is 8.79. The molecular weight excluding hydrogens is 346 g/mol. The summed E-state index contributed by atoms with van der Waals surface area (Å²) >= 11 is 0. The van der Waals surface area contributed by atoms with Gasteiger partial charge < -0.3 is 24.7 Å². The van der Waals surface area contributed by atoms with E-state index in [-0.39, 0.29) is 26.1 Å². The standard InChI is InChI=1S/C17H29NO8/c1-3-5-9-23-15(20)11-25-14(19)8-7-13(18)17(22)26-12-16(21)24-10-6-4-2/h13H,3-12,18H2,1-2H3. The lowest BCUT2D eigenvalue weighted by Gasteiger charge is -2.11. The van der Waals surface area contributed by atoms with Gasteiger partial charge in [-0.3, -0.25) is 9.59 Å². The van der Waals surface area contributed by atoms with Gasteiger partial charge in [0, 0.05) is 6.42 Å². The lowest BCUT2D eigenvalue weighted by atomic mass is 10.2. The van der Waals surface area contributed by atoms with Crippen LogP contribution in [0.5, 0.6) is 0 Å². The fourth-order valence-electron chi connectivity index (χ4n) is 1.58. The molecule has 0 radical (unpaired) electrons. The van der Waals surface area contributed by atoms with E-state index in [2.05, 4.69) is 0 Å². The molecule has 0 aliphatic rings. The van der Waals surface area contributed by atoms with Crippen molar-refractivity contribution in [2.75, 3.05) is 26.4 Å². The molecule has 0 aromatic heterocycles. The summed E-state index contributed by atoms with van der Waals surface area (Å²) in [6.07, 6.45) is 3.03. The molecule has 1 unspecified atom stereocenters. The molecule has 0 bridgehead atoms.